The van der Waals surface area contributed by atoms with Crippen LogP contribution in [0.25, 0.3) is 10.6 Å². The van der Waals surface area contributed by atoms with E-state index in [1.807, 2.05) is 13.8 Å². The maximum absolute atomic E-state index is 12.6. The molecule has 0 bridgehead atoms. The smallest absolute Gasteiger partial charge is 0.277 e. The van der Waals surface area contributed by atoms with Crippen molar-refractivity contribution in [1.82, 2.24) is 14.8 Å². The maximum atomic E-state index is 12.6. The van der Waals surface area contributed by atoms with Crippen molar-refractivity contribution in [3.05, 3.63) is 61.5 Å². The van der Waals surface area contributed by atoms with E-state index in [0.717, 1.165) is 11.3 Å². The van der Waals surface area contributed by atoms with Gasteiger partial charge in [-0.1, -0.05) is 11.6 Å². The van der Waals surface area contributed by atoms with Gasteiger partial charge in [0, 0.05) is 17.8 Å². The zero-order chi connectivity index (χ0) is 19.0. The second kappa shape index (κ2) is 7.01. The first-order valence-corrected chi connectivity index (χ1v) is 9.06. The molecule has 0 aliphatic heterocycles. The van der Waals surface area contributed by atoms with Crippen molar-refractivity contribution in [2.45, 2.75) is 20.8 Å². The number of thiazole rings is 1. The average molecular weight is 389 g/mol. The van der Waals surface area contributed by atoms with E-state index in [0.29, 0.717) is 31.9 Å². The first-order chi connectivity index (χ1) is 12.3. The summed E-state index contributed by atoms with van der Waals surface area (Å²) in [5.41, 5.74) is 2.99. The van der Waals surface area contributed by atoms with E-state index in [1.54, 1.807) is 38.2 Å². The van der Waals surface area contributed by atoms with Gasteiger partial charge in [-0.25, -0.2) is 9.67 Å². The number of halogens is 1. The molecule has 0 fully saturated rings. The van der Waals surface area contributed by atoms with E-state index in [-0.39, 0.29) is 11.5 Å². The Balaban J connectivity index is 1.99. The highest BCUT2D eigenvalue weighted by molar-refractivity contribution is 7.17. The number of hydrogen-bond donors (Lipinski definition) is 1. The monoisotopic (exact) mass is 388 g/mol. The fraction of sp³-hybridized carbons (Fsp3) is 0.222. The third kappa shape index (κ3) is 3.40. The number of amides is 1. The van der Waals surface area contributed by atoms with Crippen LogP contribution in [0.3, 0.4) is 0 Å². The Morgan fingerprint density at radius 3 is 2.46 bits per heavy atom. The van der Waals surface area contributed by atoms with Gasteiger partial charge in [0.15, 0.2) is 0 Å². The SMILES string of the molecule is Cc1nc(-c2c(C)c(C)nn(C)c2=O)sc1C(=O)Nc1ccc(Cl)cc1. The minimum absolute atomic E-state index is 0.230. The van der Waals surface area contributed by atoms with Gasteiger partial charge in [-0.2, -0.15) is 5.10 Å². The largest absolute Gasteiger partial charge is 0.321 e. The van der Waals surface area contributed by atoms with Gasteiger partial charge in [0.1, 0.15) is 9.88 Å². The Morgan fingerprint density at radius 1 is 1.15 bits per heavy atom. The number of rotatable bonds is 3. The molecule has 0 aliphatic carbocycles. The van der Waals surface area contributed by atoms with E-state index < -0.39 is 0 Å². The normalized spacial score (nSPS) is 10.8. The van der Waals surface area contributed by atoms with Crippen molar-refractivity contribution >= 4 is 34.5 Å². The molecule has 0 unspecified atom stereocenters. The molecule has 0 saturated heterocycles. The summed E-state index contributed by atoms with van der Waals surface area (Å²) in [7, 11) is 1.60. The minimum atomic E-state index is -0.270. The van der Waals surface area contributed by atoms with Gasteiger partial charge in [0.25, 0.3) is 11.5 Å². The number of aromatic nitrogens is 3. The number of benzene rings is 1. The summed E-state index contributed by atoms with van der Waals surface area (Å²) in [6, 6.07) is 6.86. The number of aryl methyl sites for hydroxylation is 3. The zero-order valence-electron chi connectivity index (χ0n) is 14.8. The molecule has 0 aliphatic rings. The topological polar surface area (TPSA) is 76.9 Å². The van der Waals surface area contributed by atoms with E-state index in [2.05, 4.69) is 15.4 Å². The number of carbonyl (C=O) groups is 1. The zero-order valence-corrected chi connectivity index (χ0v) is 16.3. The number of anilines is 1. The summed E-state index contributed by atoms with van der Waals surface area (Å²) in [4.78, 5) is 30.0. The van der Waals surface area contributed by atoms with Gasteiger partial charge >= 0.3 is 0 Å². The Kier molecular flexibility index (Phi) is 4.93. The summed E-state index contributed by atoms with van der Waals surface area (Å²) in [5, 5.41) is 8.11. The number of nitrogens with zero attached hydrogens (tertiary/aromatic N) is 3. The molecular weight excluding hydrogens is 372 g/mol. The van der Waals surface area contributed by atoms with Gasteiger partial charge in [-0.05, 0) is 50.6 Å². The lowest BCUT2D eigenvalue weighted by molar-refractivity contribution is 0.103. The highest BCUT2D eigenvalue weighted by atomic mass is 35.5. The molecule has 134 valence electrons. The van der Waals surface area contributed by atoms with Crippen molar-refractivity contribution in [1.29, 1.82) is 0 Å². The lowest BCUT2D eigenvalue weighted by Gasteiger charge is -2.07. The van der Waals surface area contributed by atoms with Crippen LogP contribution in [0.4, 0.5) is 5.69 Å². The molecule has 0 spiro atoms. The Hall–Kier alpha value is -2.51. The molecule has 8 heteroatoms. The molecule has 0 atom stereocenters. The molecule has 2 heterocycles. The highest BCUT2D eigenvalue weighted by Crippen LogP contribution is 2.29. The molecule has 2 aromatic heterocycles. The molecule has 0 saturated carbocycles. The second-order valence-electron chi connectivity index (χ2n) is 5.91. The van der Waals surface area contributed by atoms with E-state index >= 15 is 0 Å². The van der Waals surface area contributed by atoms with Crippen LogP contribution in [-0.4, -0.2) is 20.7 Å². The fourth-order valence-electron chi connectivity index (χ4n) is 2.54. The Bertz CT molecular complexity index is 1050. The molecule has 1 N–H and O–H groups in total. The van der Waals surface area contributed by atoms with Crippen molar-refractivity contribution < 1.29 is 4.79 Å². The summed E-state index contributed by atoms with van der Waals surface area (Å²) in [6.45, 7) is 5.43. The third-order valence-corrected chi connectivity index (χ3v) is 5.47. The molecule has 6 nitrogen and oxygen atoms in total. The van der Waals surface area contributed by atoms with E-state index in [4.69, 9.17) is 11.6 Å². The van der Waals surface area contributed by atoms with Crippen molar-refractivity contribution in [2.24, 2.45) is 7.05 Å². The van der Waals surface area contributed by atoms with Gasteiger partial charge in [0.05, 0.1) is 17.0 Å². The van der Waals surface area contributed by atoms with Crippen LogP contribution in [0.5, 0.6) is 0 Å². The average Bonchev–Trinajstić information content (AvgIpc) is 2.97. The molecule has 26 heavy (non-hydrogen) atoms. The van der Waals surface area contributed by atoms with Crippen LogP contribution in [0.15, 0.2) is 29.1 Å². The predicted molar refractivity (Wildman–Crippen MR) is 104 cm³/mol. The number of carbonyl (C=O) groups excluding carboxylic acids is 1. The molecule has 3 rings (SSSR count). The van der Waals surface area contributed by atoms with Crippen LogP contribution in [0.1, 0.15) is 26.6 Å². The second-order valence-corrected chi connectivity index (χ2v) is 7.34. The standard InChI is InChI=1S/C18H17ClN4O2S/c1-9-10(2)22-23(4)18(25)14(9)17-20-11(3)15(26-17)16(24)21-13-7-5-12(19)6-8-13/h5-8H,1-4H3,(H,21,24). The minimum Gasteiger partial charge on any atom is -0.321 e. The Labute approximate surface area is 159 Å². The van der Waals surface area contributed by atoms with Crippen LogP contribution in [0, 0.1) is 20.8 Å². The van der Waals surface area contributed by atoms with Crippen LogP contribution >= 0.6 is 22.9 Å². The quantitative estimate of drug-likeness (QED) is 0.741. The summed E-state index contributed by atoms with van der Waals surface area (Å²) >= 11 is 7.06. The summed E-state index contributed by atoms with van der Waals surface area (Å²) < 4.78 is 1.29. The number of nitrogens with one attached hydrogen (secondary N) is 1. The van der Waals surface area contributed by atoms with E-state index in [1.165, 1.54) is 16.0 Å². The molecule has 0 radical (unpaired) electrons. The number of hydrogen-bond acceptors (Lipinski definition) is 5. The molecular formula is C18H17ClN4O2S. The molecule has 3 aromatic rings. The van der Waals surface area contributed by atoms with Crippen molar-refractivity contribution in [3.63, 3.8) is 0 Å². The first-order valence-electron chi connectivity index (χ1n) is 7.87. The van der Waals surface area contributed by atoms with Crippen LogP contribution in [0.2, 0.25) is 5.02 Å². The van der Waals surface area contributed by atoms with E-state index in [9.17, 15) is 9.59 Å². The predicted octanol–water partition coefficient (Wildman–Crippen LogP) is 3.73. The van der Waals surface area contributed by atoms with Gasteiger partial charge in [0.2, 0.25) is 0 Å². The van der Waals surface area contributed by atoms with Gasteiger partial charge in [-0.15, -0.1) is 11.3 Å². The third-order valence-electron chi connectivity index (χ3n) is 4.04. The van der Waals surface area contributed by atoms with Gasteiger partial charge in [-0.3, -0.25) is 9.59 Å². The molecule has 1 amide bonds. The maximum Gasteiger partial charge on any atom is 0.277 e. The van der Waals surface area contributed by atoms with Gasteiger partial charge < -0.3 is 5.32 Å². The Morgan fingerprint density at radius 2 is 1.81 bits per heavy atom. The fourth-order valence-corrected chi connectivity index (χ4v) is 3.72. The first kappa shape index (κ1) is 18.3. The van der Waals surface area contributed by atoms with Crippen molar-refractivity contribution in [2.75, 3.05) is 5.32 Å². The highest BCUT2D eigenvalue weighted by Gasteiger charge is 2.21. The molecule has 1 aromatic carbocycles. The lowest BCUT2D eigenvalue weighted by atomic mass is 10.1. The van der Waals surface area contributed by atoms with Crippen LogP contribution in [-0.2, 0) is 7.05 Å². The van der Waals surface area contributed by atoms with Crippen molar-refractivity contribution in [3.8, 4) is 10.6 Å². The van der Waals surface area contributed by atoms with Crippen LogP contribution < -0.4 is 10.9 Å². The summed E-state index contributed by atoms with van der Waals surface area (Å²) in [5.74, 6) is -0.270. The lowest BCUT2D eigenvalue weighted by Crippen LogP contribution is -2.23. The summed E-state index contributed by atoms with van der Waals surface area (Å²) in [6.07, 6.45) is 0.